The lowest BCUT2D eigenvalue weighted by atomic mass is 9.91. The van der Waals surface area contributed by atoms with Crippen LogP contribution >= 0.6 is 0 Å². The first-order valence-electron chi connectivity index (χ1n) is 14.7. The molecule has 9 heteroatoms. The number of amides is 2. The number of hydrogen-bond donors (Lipinski definition) is 1. The third-order valence-corrected chi connectivity index (χ3v) is 7.79. The van der Waals surface area contributed by atoms with Crippen LogP contribution in [0.4, 0.5) is 10.5 Å². The Kier molecular flexibility index (Phi) is 8.93. The molecule has 0 aliphatic carbocycles. The number of nitrogens with one attached hydrogen (secondary N) is 1. The number of hydrogen-bond acceptors (Lipinski definition) is 6. The maximum absolute atomic E-state index is 13.5. The van der Waals surface area contributed by atoms with Gasteiger partial charge in [0.1, 0.15) is 5.60 Å². The number of anilines is 1. The lowest BCUT2D eigenvalue weighted by Crippen LogP contribution is -2.48. The minimum atomic E-state index is -0.527. The third kappa shape index (κ3) is 7.27. The summed E-state index contributed by atoms with van der Waals surface area (Å²) in [5, 5.41) is 7.81. The Hall–Kier alpha value is -3.85. The van der Waals surface area contributed by atoms with Crippen LogP contribution in [0.2, 0.25) is 0 Å². The summed E-state index contributed by atoms with van der Waals surface area (Å²) in [6.07, 6.45) is 2.89. The number of benzene rings is 2. The smallest absolute Gasteiger partial charge is 0.410 e. The number of carbonyl (C=O) groups is 2. The number of para-hydroxylation sites is 2. The van der Waals surface area contributed by atoms with Crippen molar-refractivity contribution in [2.45, 2.75) is 45.1 Å². The normalized spacial score (nSPS) is 17.0. The maximum Gasteiger partial charge on any atom is 0.410 e. The molecule has 5 rings (SSSR count). The van der Waals surface area contributed by atoms with E-state index in [1.165, 1.54) is 5.69 Å². The zero-order chi connectivity index (χ0) is 28.8. The topological polar surface area (TPSA) is 82.9 Å². The van der Waals surface area contributed by atoms with Crippen LogP contribution in [0.1, 0.15) is 55.6 Å². The van der Waals surface area contributed by atoms with Crippen molar-refractivity contribution >= 4 is 17.7 Å². The molecule has 0 unspecified atom stereocenters. The first kappa shape index (κ1) is 28.7. The quantitative estimate of drug-likeness (QED) is 0.459. The van der Waals surface area contributed by atoms with Gasteiger partial charge in [0.05, 0.1) is 23.1 Å². The second-order valence-electron chi connectivity index (χ2n) is 11.9. The predicted octanol–water partition coefficient (Wildman–Crippen LogP) is 4.54. The summed E-state index contributed by atoms with van der Waals surface area (Å²) in [6, 6.07) is 20.4. The molecule has 0 bridgehead atoms. The monoisotopic (exact) mass is 558 g/mol. The lowest BCUT2D eigenvalue weighted by Gasteiger charge is -2.36. The zero-order valence-corrected chi connectivity index (χ0v) is 24.5. The van der Waals surface area contributed by atoms with Crippen LogP contribution in [-0.2, 0) is 4.74 Å². The highest BCUT2D eigenvalue weighted by Gasteiger charge is 2.32. The molecule has 41 heavy (non-hydrogen) atoms. The van der Waals surface area contributed by atoms with Gasteiger partial charge in [-0.2, -0.15) is 5.10 Å². The fourth-order valence-electron chi connectivity index (χ4n) is 5.65. The van der Waals surface area contributed by atoms with Crippen molar-refractivity contribution in [2.24, 2.45) is 0 Å². The summed E-state index contributed by atoms with van der Waals surface area (Å²) in [5.41, 5.74) is 3.18. The van der Waals surface area contributed by atoms with Gasteiger partial charge >= 0.3 is 6.09 Å². The Morgan fingerprint density at radius 1 is 0.878 bits per heavy atom. The molecule has 0 spiro atoms. The Labute approximate surface area is 243 Å². The van der Waals surface area contributed by atoms with E-state index in [4.69, 9.17) is 4.74 Å². The number of piperazine rings is 1. The van der Waals surface area contributed by atoms with Gasteiger partial charge in [0.25, 0.3) is 5.91 Å². The van der Waals surface area contributed by atoms with Gasteiger partial charge in [-0.1, -0.05) is 36.4 Å². The van der Waals surface area contributed by atoms with Crippen LogP contribution in [0.5, 0.6) is 0 Å². The first-order valence-corrected chi connectivity index (χ1v) is 14.7. The second-order valence-corrected chi connectivity index (χ2v) is 11.9. The first-order chi connectivity index (χ1) is 19.8. The summed E-state index contributed by atoms with van der Waals surface area (Å²) in [6.45, 7) is 12.1. The Bertz CT molecular complexity index is 1290. The van der Waals surface area contributed by atoms with Crippen molar-refractivity contribution in [3.63, 3.8) is 0 Å². The predicted molar refractivity (Wildman–Crippen MR) is 161 cm³/mol. The summed E-state index contributed by atoms with van der Waals surface area (Å²) in [4.78, 5) is 32.7. The van der Waals surface area contributed by atoms with Crippen LogP contribution in [-0.4, -0.2) is 89.5 Å². The van der Waals surface area contributed by atoms with Gasteiger partial charge in [0.2, 0.25) is 0 Å². The summed E-state index contributed by atoms with van der Waals surface area (Å²) < 4.78 is 7.47. The summed E-state index contributed by atoms with van der Waals surface area (Å²) in [5.74, 6) is 0.00267. The fraction of sp³-hybridized carbons (Fsp3) is 0.469. The van der Waals surface area contributed by atoms with Crippen molar-refractivity contribution in [2.75, 3.05) is 57.3 Å². The van der Waals surface area contributed by atoms with Gasteiger partial charge in [0, 0.05) is 64.0 Å². The molecule has 0 saturated carbocycles. The molecule has 0 atom stereocenters. The molecule has 3 heterocycles. The molecule has 9 nitrogen and oxygen atoms in total. The molecule has 3 aromatic rings. The molecule has 218 valence electrons. The van der Waals surface area contributed by atoms with Crippen LogP contribution < -0.4 is 10.2 Å². The minimum absolute atomic E-state index is 0.0975. The number of carbonyl (C=O) groups excluding carboxylic acids is 2. The molecule has 2 aliphatic rings. The average molecular weight is 559 g/mol. The SMILES string of the molecule is CC(C)(C)OC(=O)N1CCC(c2c(C(=O)NCCN3CCN(c4ccccc4)CC3)cnn2-c2ccccc2)CC1. The third-order valence-electron chi connectivity index (χ3n) is 7.79. The molecular formula is C32H42N6O3. The minimum Gasteiger partial charge on any atom is -0.444 e. The fourth-order valence-corrected chi connectivity index (χ4v) is 5.65. The van der Waals surface area contributed by atoms with E-state index in [1.54, 1.807) is 11.1 Å². The number of likely N-dealkylation sites (tertiary alicyclic amines) is 1. The van der Waals surface area contributed by atoms with E-state index in [0.29, 0.717) is 25.2 Å². The van der Waals surface area contributed by atoms with Gasteiger partial charge in [0.15, 0.2) is 0 Å². The van der Waals surface area contributed by atoms with Crippen LogP contribution in [0.15, 0.2) is 66.9 Å². The van der Waals surface area contributed by atoms with Gasteiger partial charge in [-0.25, -0.2) is 9.48 Å². The van der Waals surface area contributed by atoms with Gasteiger partial charge in [-0.15, -0.1) is 0 Å². The number of piperidine rings is 1. The summed E-state index contributed by atoms with van der Waals surface area (Å²) in [7, 11) is 0. The van der Waals surface area contributed by atoms with Crippen molar-refractivity contribution in [1.29, 1.82) is 0 Å². The van der Waals surface area contributed by atoms with Gasteiger partial charge in [-0.3, -0.25) is 9.69 Å². The van der Waals surface area contributed by atoms with E-state index < -0.39 is 5.60 Å². The van der Waals surface area contributed by atoms with Crippen molar-refractivity contribution in [3.8, 4) is 5.69 Å². The Morgan fingerprint density at radius 3 is 2.10 bits per heavy atom. The number of rotatable bonds is 7. The van der Waals surface area contributed by atoms with E-state index in [1.807, 2.05) is 61.9 Å². The van der Waals surface area contributed by atoms with E-state index in [-0.39, 0.29) is 17.9 Å². The highest BCUT2D eigenvalue weighted by atomic mass is 16.6. The van der Waals surface area contributed by atoms with Crippen LogP contribution in [0.3, 0.4) is 0 Å². The number of ether oxygens (including phenoxy) is 1. The largest absolute Gasteiger partial charge is 0.444 e. The molecule has 2 aromatic carbocycles. The molecule has 2 amide bonds. The van der Waals surface area contributed by atoms with Gasteiger partial charge in [-0.05, 0) is 57.9 Å². The molecule has 2 fully saturated rings. The molecular weight excluding hydrogens is 516 g/mol. The van der Waals surface area contributed by atoms with Crippen LogP contribution in [0, 0.1) is 0 Å². The number of aromatic nitrogens is 2. The lowest BCUT2D eigenvalue weighted by molar-refractivity contribution is 0.0203. The van der Waals surface area contributed by atoms with E-state index in [2.05, 4.69) is 44.5 Å². The van der Waals surface area contributed by atoms with Gasteiger partial charge < -0.3 is 19.9 Å². The molecule has 1 aromatic heterocycles. The van der Waals surface area contributed by atoms with E-state index in [0.717, 1.165) is 56.9 Å². The molecule has 1 N–H and O–H groups in total. The van der Waals surface area contributed by atoms with E-state index in [9.17, 15) is 9.59 Å². The van der Waals surface area contributed by atoms with Crippen molar-refractivity contribution in [1.82, 2.24) is 24.9 Å². The standard InChI is InChI=1S/C32H42N6O3/c1-32(2,3)41-31(40)37-17-14-25(15-18-37)29-28(24-34-38(29)27-12-8-5-9-13-27)30(39)33-16-19-35-20-22-36(23-21-35)26-10-6-4-7-11-26/h4-13,24-25H,14-23H2,1-3H3,(H,33,39). The number of nitrogens with zero attached hydrogens (tertiary/aromatic N) is 5. The summed E-state index contributed by atoms with van der Waals surface area (Å²) >= 11 is 0. The highest BCUT2D eigenvalue weighted by molar-refractivity contribution is 5.95. The molecule has 2 saturated heterocycles. The Morgan fingerprint density at radius 2 is 1.49 bits per heavy atom. The molecule has 2 aliphatic heterocycles. The van der Waals surface area contributed by atoms with Crippen molar-refractivity contribution < 1.29 is 14.3 Å². The molecule has 0 radical (unpaired) electrons. The van der Waals surface area contributed by atoms with Crippen LogP contribution in [0.25, 0.3) is 5.69 Å². The van der Waals surface area contributed by atoms with E-state index >= 15 is 0 Å². The average Bonchev–Trinajstić information content (AvgIpc) is 3.43. The maximum atomic E-state index is 13.5. The second kappa shape index (κ2) is 12.8. The highest BCUT2D eigenvalue weighted by Crippen LogP contribution is 2.32. The Balaban J connectivity index is 1.21. The van der Waals surface area contributed by atoms with Crippen molar-refractivity contribution in [3.05, 3.63) is 78.1 Å². The zero-order valence-electron chi connectivity index (χ0n) is 24.5.